The first kappa shape index (κ1) is 11.8. The highest BCUT2D eigenvalue weighted by molar-refractivity contribution is 9.10. The molecule has 0 radical (unpaired) electrons. The fourth-order valence-corrected chi connectivity index (χ4v) is 1.37. The highest BCUT2D eigenvalue weighted by atomic mass is 79.9. The van der Waals surface area contributed by atoms with Gasteiger partial charge in [0.15, 0.2) is 0 Å². The van der Waals surface area contributed by atoms with E-state index in [4.69, 9.17) is 4.42 Å². The first-order valence-corrected chi connectivity index (χ1v) is 5.99. The molecular weight excluding hydrogens is 314 g/mol. The van der Waals surface area contributed by atoms with Gasteiger partial charge in [-0.2, -0.15) is 0 Å². The van der Waals surface area contributed by atoms with E-state index in [2.05, 4.69) is 37.2 Å². The van der Waals surface area contributed by atoms with E-state index < -0.39 is 0 Å². The van der Waals surface area contributed by atoms with Crippen molar-refractivity contribution in [3.63, 3.8) is 0 Å². The first-order valence-electron chi connectivity index (χ1n) is 4.08. The maximum absolute atomic E-state index is 11.6. The predicted octanol–water partition coefficient (Wildman–Crippen LogP) is 2.95. The van der Waals surface area contributed by atoms with Gasteiger partial charge in [0.2, 0.25) is 5.76 Å². The van der Waals surface area contributed by atoms with Crippen LogP contribution in [0.25, 0.3) is 0 Å². The van der Waals surface area contributed by atoms with Gasteiger partial charge in [-0.05, 0) is 35.8 Å². The lowest BCUT2D eigenvalue weighted by atomic mass is 10.1. The van der Waals surface area contributed by atoms with E-state index in [9.17, 15) is 4.79 Å². The largest absolute Gasteiger partial charge is 0.458 e. The molecular formula is C9H11Br2NO2. The van der Waals surface area contributed by atoms with Crippen LogP contribution in [0.1, 0.15) is 24.4 Å². The number of rotatable bonds is 3. The average Bonchev–Trinajstić information content (AvgIpc) is 2.51. The Morgan fingerprint density at radius 3 is 2.71 bits per heavy atom. The number of carbonyl (C=O) groups excluding carboxylic acids is 1. The fraction of sp³-hybridized carbons (Fsp3) is 0.444. The van der Waals surface area contributed by atoms with Gasteiger partial charge in [-0.3, -0.25) is 4.79 Å². The van der Waals surface area contributed by atoms with Crippen molar-refractivity contribution in [3.8, 4) is 0 Å². The molecule has 0 fully saturated rings. The van der Waals surface area contributed by atoms with Crippen LogP contribution in [0.2, 0.25) is 0 Å². The normalized spacial score (nSPS) is 11.4. The lowest BCUT2D eigenvalue weighted by Gasteiger charge is -2.22. The van der Waals surface area contributed by atoms with E-state index in [-0.39, 0.29) is 11.4 Å². The summed E-state index contributed by atoms with van der Waals surface area (Å²) in [6.45, 7) is 3.85. The van der Waals surface area contributed by atoms with Crippen LogP contribution in [0.3, 0.4) is 0 Å². The molecule has 14 heavy (non-hydrogen) atoms. The molecule has 0 spiro atoms. The molecule has 5 heteroatoms. The number of hydrogen-bond donors (Lipinski definition) is 1. The number of halogens is 2. The number of furan rings is 1. The Morgan fingerprint density at radius 1 is 1.64 bits per heavy atom. The number of amides is 1. The fourth-order valence-electron chi connectivity index (χ4n) is 0.853. The molecule has 0 saturated heterocycles. The summed E-state index contributed by atoms with van der Waals surface area (Å²) in [6, 6.07) is 1.69. The van der Waals surface area contributed by atoms with Crippen LogP contribution in [-0.4, -0.2) is 16.8 Å². The summed E-state index contributed by atoms with van der Waals surface area (Å²) in [4.78, 5) is 11.6. The van der Waals surface area contributed by atoms with Gasteiger partial charge in [0.1, 0.15) is 0 Å². The summed E-state index contributed by atoms with van der Waals surface area (Å²) >= 11 is 6.55. The minimum Gasteiger partial charge on any atom is -0.458 e. The van der Waals surface area contributed by atoms with Crippen molar-refractivity contribution in [2.45, 2.75) is 19.4 Å². The van der Waals surface area contributed by atoms with Gasteiger partial charge in [-0.1, -0.05) is 15.9 Å². The molecule has 0 aliphatic carbocycles. The lowest BCUT2D eigenvalue weighted by Crippen LogP contribution is -2.44. The van der Waals surface area contributed by atoms with Crippen LogP contribution in [0.5, 0.6) is 0 Å². The maximum Gasteiger partial charge on any atom is 0.288 e. The Kier molecular flexibility index (Phi) is 3.78. The molecule has 0 saturated carbocycles. The van der Waals surface area contributed by atoms with Crippen molar-refractivity contribution >= 4 is 37.8 Å². The van der Waals surface area contributed by atoms with E-state index in [1.807, 2.05) is 13.8 Å². The molecule has 1 aromatic heterocycles. The summed E-state index contributed by atoms with van der Waals surface area (Å²) in [6.07, 6.45) is 1.47. The maximum atomic E-state index is 11.6. The van der Waals surface area contributed by atoms with E-state index in [1.165, 1.54) is 6.26 Å². The Labute approximate surface area is 99.5 Å². The summed E-state index contributed by atoms with van der Waals surface area (Å²) in [5.74, 6) is 0.0883. The van der Waals surface area contributed by atoms with Crippen LogP contribution >= 0.6 is 31.9 Å². The summed E-state index contributed by atoms with van der Waals surface area (Å²) in [5.41, 5.74) is -0.288. The standard InChI is InChI=1S/C9H11Br2NO2/c1-9(2,5-10)12-8(13)7-6(11)3-4-14-7/h3-4H,5H2,1-2H3,(H,12,13). The Morgan fingerprint density at radius 2 is 2.29 bits per heavy atom. The van der Waals surface area contributed by atoms with Crippen molar-refractivity contribution in [1.29, 1.82) is 0 Å². The van der Waals surface area contributed by atoms with Crippen LogP contribution in [0.15, 0.2) is 21.2 Å². The van der Waals surface area contributed by atoms with Gasteiger partial charge in [-0.25, -0.2) is 0 Å². The molecule has 0 bridgehead atoms. The first-order chi connectivity index (χ1) is 6.46. The van der Waals surface area contributed by atoms with Crippen LogP contribution < -0.4 is 5.32 Å². The van der Waals surface area contributed by atoms with Crippen molar-refractivity contribution in [2.75, 3.05) is 5.33 Å². The molecule has 1 rings (SSSR count). The molecule has 0 aliphatic rings. The third-order valence-electron chi connectivity index (χ3n) is 1.61. The molecule has 1 N–H and O–H groups in total. The van der Waals surface area contributed by atoms with E-state index >= 15 is 0 Å². The van der Waals surface area contributed by atoms with E-state index in [0.717, 1.165) is 0 Å². The highest BCUT2D eigenvalue weighted by Crippen LogP contribution is 2.18. The van der Waals surface area contributed by atoms with Crippen LogP contribution in [-0.2, 0) is 0 Å². The molecule has 0 aromatic carbocycles. The quantitative estimate of drug-likeness (QED) is 0.869. The molecule has 1 amide bonds. The second kappa shape index (κ2) is 4.49. The van der Waals surface area contributed by atoms with Crippen molar-refractivity contribution in [2.24, 2.45) is 0 Å². The monoisotopic (exact) mass is 323 g/mol. The minimum absolute atomic E-state index is 0.216. The molecule has 0 atom stereocenters. The third kappa shape index (κ3) is 2.85. The zero-order valence-corrected chi connectivity index (χ0v) is 11.1. The minimum atomic E-state index is -0.288. The van der Waals surface area contributed by atoms with Gasteiger partial charge < -0.3 is 9.73 Å². The molecule has 1 heterocycles. The van der Waals surface area contributed by atoms with E-state index in [1.54, 1.807) is 6.07 Å². The molecule has 1 aromatic rings. The van der Waals surface area contributed by atoms with Gasteiger partial charge in [0.25, 0.3) is 5.91 Å². The Bertz CT molecular complexity index is 333. The van der Waals surface area contributed by atoms with E-state index in [0.29, 0.717) is 15.6 Å². The Hall–Kier alpha value is -0.290. The summed E-state index contributed by atoms with van der Waals surface area (Å²) in [5, 5.41) is 3.52. The number of alkyl halides is 1. The van der Waals surface area contributed by atoms with Crippen molar-refractivity contribution in [3.05, 3.63) is 22.6 Å². The zero-order valence-electron chi connectivity index (χ0n) is 7.93. The number of carbonyl (C=O) groups is 1. The average molecular weight is 325 g/mol. The van der Waals surface area contributed by atoms with Gasteiger partial charge >= 0.3 is 0 Å². The van der Waals surface area contributed by atoms with Crippen LogP contribution in [0.4, 0.5) is 0 Å². The molecule has 0 unspecified atom stereocenters. The van der Waals surface area contributed by atoms with Gasteiger partial charge in [0.05, 0.1) is 10.7 Å². The molecule has 3 nitrogen and oxygen atoms in total. The number of nitrogens with one attached hydrogen (secondary N) is 1. The third-order valence-corrected chi connectivity index (χ3v) is 3.64. The van der Waals surface area contributed by atoms with Crippen LogP contribution in [0, 0.1) is 0 Å². The SMILES string of the molecule is CC(C)(CBr)NC(=O)c1occc1Br. The van der Waals surface area contributed by atoms with Gasteiger partial charge in [-0.15, -0.1) is 0 Å². The summed E-state index contributed by atoms with van der Waals surface area (Å²) in [7, 11) is 0. The topological polar surface area (TPSA) is 42.2 Å². The predicted molar refractivity (Wildman–Crippen MR) is 61.7 cm³/mol. The smallest absolute Gasteiger partial charge is 0.288 e. The second-order valence-corrected chi connectivity index (χ2v) is 4.98. The van der Waals surface area contributed by atoms with Gasteiger partial charge in [0, 0.05) is 10.9 Å². The number of hydrogen-bond acceptors (Lipinski definition) is 2. The molecule has 78 valence electrons. The summed E-state index contributed by atoms with van der Waals surface area (Å²) < 4.78 is 5.71. The highest BCUT2D eigenvalue weighted by Gasteiger charge is 2.22. The second-order valence-electron chi connectivity index (χ2n) is 3.57. The molecule has 0 aliphatic heterocycles. The van der Waals surface area contributed by atoms with Crippen molar-refractivity contribution in [1.82, 2.24) is 5.32 Å². The van der Waals surface area contributed by atoms with Crippen molar-refractivity contribution < 1.29 is 9.21 Å². The lowest BCUT2D eigenvalue weighted by molar-refractivity contribution is 0.0892. The zero-order chi connectivity index (χ0) is 10.8. The Balaban J connectivity index is 2.73.